The summed E-state index contributed by atoms with van der Waals surface area (Å²) in [6, 6.07) is 3.65. The van der Waals surface area contributed by atoms with Crippen LogP contribution in [0, 0.1) is 13.8 Å². The fraction of sp³-hybridized carbons (Fsp3) is 0.679. The lowest BCUT2D eigenvalue weighted by atomic mass is 9.95. The Morgan fingerprint density at radius 2 is 1.67 bits per heavy atom. The maximum Gasteiger partial charge on any atom is 0.408 e. The van der Waals surface area contributed by atoms with Gasteiger partial charge >= 0.3 is 6.09 Å². The number of carbonyl (C=O) groups is 3. The first-order valence-corrected chi connectivity index (χ1v) is 12.9. The van der Waals surface area contributed by atoms with Crippen LogP contribution in [0.5, 0.6) is 0 Å². The van der Waals surface area contributed by atoms with E-state index >= 15 is 0 Å². The molecule has 8 nitrogen and oxygen atoms in total. The Morgan fingerprint density at radius 1 is 1.03 bits per heavy atom. The van der Waals surface area contributed by atoms with Gasteiger partial charge in [0.15, 0.2) is 0 Å². The van der Waals surface area contributed by atoms with Crippen LogP contribution in [0.2, 0.25) is 0 Å². The van der Waals surface area contributed by atoms with Crippen molar-refractivity contribution in [3.8, 4) is 0 Å². The van der Waals surface area contributed by atoms with Gasteiger partial charge < -0.3 is 25.4 Å². The van der Waals surface area contributed by atoms with E-state index in [4.69, 9.17) is 4.74 Å². The molecule has 3 amide bonds. The molecule has 0 bridgehead atoms. The van der Waals surface area contributed by atoms with E-state index < -0.39 is 41.8 Å². The second kappa shape index (κ2) is 13.6. The van der Waals surface area contributed by atoms with Crippen molar-refractivity contribution >= 4 is 17.9 Å². The predicted molar refractivity (Wildman–Crippen MR) is 143 cm³/mol. The van der Waals surface area contributed by atoms with E-state index in [0.717, 1.165) is 36.0 Å². The van der Waals surface area contributed by atoms with Gasteiger partial charge in [-0.3, -0.25) is 9.59 Å². The van der Waals surface area contributed by atoms with Gasteiger partial charge in [0.25, 0.3) is 0 Å². The van der Waals surface area contributed by atoms with Gasteiger partial charge in [-0.2, -0.15) is 0 Å². The maximum absolute atomic E-state index is 13.8. The number of alkyl carbamates (subject to hydrolysis) is 1. The molecular formula is C28H47N3O5. The highest BCUT2D eigenvalue weighted by Crippen LogP contribution is 2.28. The molecule has 0 aromatic heterocycles. The van der Waals surface area contributed by atoms with Crippen molar-refractivity contribution in [2.75, 3.05) is 13.2 Å². The molecule has 0 aliphatic heterocycles. The zero-order valence-electron chi connectivity index (χ0n) is 23.7. The predicted octanol–water partition coefficient (Wildman–Crippen LogP) is 4.55. The van der Waals surface area contributed by atoms with E-state index in [1.54, 1.807) is 20.8 Å². The minimum absolute atomic E-state index is 0.306. The molecule has 2 unspecified atom stereocenters. The minimum atomic E-state index is -1.25. The van der Waals surface area contributed by atoms with Crippen LogP contribution >= 0.6 is 0 Å². The number of carbonyl (C=O) groups excluding carboxylic acids is 3. The van der Waals surface area contributed by atoms with Crippen molar-refractivity contribution in [3.63, 3.8) is 0 Å². The summed E-state index contributed by atoms with van der Waals surface area (Å²) < 4.78 is 5.30. The number of aryl methyl sites for hydroxylation is 2. The lowest BCUT2D eigenvalue weighted by Gasteiger charge is -2.36. The van der Waals surface area contributed by atoms with Gasteiger partial charge in [0, 0.05) is 12.1 Å². The molecule has 1 aromatic carbocycles. The van der Waals surface area contributed by atoms with E-state index in [2.05, 4.69) is 17.6 Å². The Balaban J connectivity index is 3.50. The van der Waals surface area contributed by atoms with Crippen molar-refractivity contribution in [2.45, 2.75) is 111 Å². The molecule has 0 aliphatic carbocycles. The Labute approximate surface area is 217 Å². The first-order valence-electron chi connectivity index (χ1n) is 12.9. The smallest absolute Gasteiger partial charge is 0.408 e. The van der Waals surface area contributed by atoms with Gasteiger partial charge in [-0.25, -0.2) is 4.79 Å². The number of aliphatic hydroxyl groups excluding tert-OH is 1. The number of hydrogen-bond acceptors (Lipinski definition) is 5. The molecule has 0 spiro atoms. The van der Waals surface area contributed by atoms with E-state index in [0.29, 0.717) is 13.0 Å². The van der Waals surface area contributed by atoms with Crippen molar-refractivity contribution in [3.05, 3.63) is 34.9 Å². The van der Waals surface area contributed by atoms with Crippen molar-refractivity contribution in [2.24, 2.45) is 0 Å². The number of benzene rings is 1. The Kier molecular flexibility index (Phi) is 11.9. The molecule has 1 aromatic rings. The van der Waals surface area contributed by atoms with Gasteiger partial charge in [0.2, 0.25) is 11.8 Å². The first kappa shape index (κ1) is 31.4. The SMILES string of the molecule is CCCCCCN(C(=O)C(CO)NC(=O)OC(C)(C)C)C(C(=O)NC(C)(C)C)c1cc(C)ccc1C. The zero-order chi connectivity index (χ0) is 27.7. The number of nitrogens with one attached hydrogen (secondary N) is 2. The first-order chi connectivity index (χ1) is 16.6. The van der Waals surface area contributed by atoms with Gasteiger partial charge in [0.1, 0.15) is 17.7 Å². The summed E-state index contributed by atoms with van der Waals surface area (Å²) in [4.78, 5) is 41.5. The molecule has 3 N–H and O–H groups in total. The summed E-state index contributed by atoms with van der Waals surface area (Å²) in [7, 11) is 0. The van der Waals surface area contributed by atoms with Gasteiger partial charge in [-0.1, -0.05) is 49.9 Å². The fourth-order valence-corrected chi connectivity index (χ4v) is 3.85. The molecule has 0 saturated carbocycles. The largest absolute Gasteiger partial charge is 0.444 e. The van der Waals surface area contributed by atoms with Crippen molar-refractivity contribution < 1.29 is 24.2 Å². The van der Waals surface area contributed by atoms with Crippen LogP contribution < -0.4 is 10.6 Å². The third-order valence-electron chi connectivity index (χ3n) is 5.49. The molecular weight excluding hydrogens is 458 g/mol. The zero-order valence-corrected chi connectivity index (χ0v) is 23.7. The number of amides is 3. The topological polar surface area (TPSA) is 108 Å². The number of ether oxygens (including phenoxy) is 1. The Bertz CT molecular complexity index is 886. The quantitative estimate of drug-likeness (QED) is 0.382. The van der Waals surface area contributed by atoms with Crippen LogP contribution in [0.15, 0.2) is 18.2 Å². The molecule has 2 atom stereocenters. The van der Waals surface area contributed by atoms with Crippen LogP contribution in [0.4, 0.5) is 4.79 Å². The molecule has 8 heteroatoms. The molecule has 0 saturated heterocycles. The highest BCUT2D eigenvalue weighted by Gasteiger charge is 2.37. The Morgan fingerprint density at radius 3 is 2.19 bits per heavy atom. The van der Waals surface area contributed by atoms with Crippen LogP contribution in [-0.2, 0) is 14.3 Å². The third kappa shape index (κ3) is 10.6. The van der Waals surface area contributed by atoms with Crippen LogP contribution in [-0.4, -0.2) is 58.2 Å². The van der Waals surface area contributed by atoms with Crippen LogP contribution in [0.3, 0.4) is 0 Å². The number of aliphatic hydroxyl groups is 1. The normalized spacial score (nSPS) is 13.5. The average Bonchev–Trinajstić information content (AvgIpc) is 2.73. The monoisotopic (exact) mass is 505 g/mol. The standard InChI is InChI=1S/C28H47N3O5/c1-10-11-12-13-16-31(25(34)22(18-32)29-26(35)36-28(7,8)9)23(24(33)30-27(4,5)6)21-17-19(2)14-15-20(21)3/h14-15,17,22-23,32H,10-13,16,18H2,1-9H3,(H,29,35)(H,30,33). The lowest BCUT2D eigenvalue weighted by molar-refractivity contribution is -0.144. The molecule has 0 fully saturated rings. The Hall–Kier alpha value is -2.61. The fourth-order valence-electron chi connectivity index (χ4n) is 3.85. The highest BCUT2D eigenvalue weighted by atomic mass is 16.6. The van der Waals surface area contributed by atoms with Crippen molar-refractivity contribution in [1.82, 2.24) is 15.5 Å². The molecule has 1 rings (SSSR count). The molecule has 204 valence electrons. The summed E-state index contributed by atoms with van der Waals surface area (Å²) in [5, 5.41) is 15.6. The van der Waals surface area contributed by atoms with Crippen LogP contribution in [0.25, 0.3) is 0 Å². The van der Waals surface area contributed by atoms with Gasteiger partial charge in [-0.05, 0) is 72.9 Å². The van der Waals surface area contributed by atoms with E-state index in [9.17, 15) is 19.5 Å². The number of hydrogen-bond donors (Lipinski definition) is 3. The molecule has 0 aliphatic rings. The number of unbranched alkanes of at least 4 members (excludes halogenated alkanes) is 3. The van der Waals surface area contributed by atoms with Gasteiger partial charge in [-0.15, -0.1) is 0 Å². The number of rotatable bonds is 11. The average molecular weight is 506 g/mol. The van der Waals surface area contributed by atoms with E-state index in [1.165, 1.54) is 4.90 Å². The van der Waals surface area contributed by atoms with Crippen LogP contribution in [0.1, 0.15) is 96.9 Å². The van der Waals surface area contributed by atoms with Crippen molar-refractivity contribution in [1.29, 1.82) is 0 Å². The summed E-state index contributed by atoms with van der Waals surface area (Å²) in [6.45, 7) is 16.5. The second-order valence-corrected chi connectivity index (χ2v) is 11.5. The third-order valence-corrected chi connectivity index (χ3v) is 5.49. The summed E-state index contributed by atoms with van der Waals surface area (Å²) in [5.41, 5.74) is 1.28. The highest BCUT2D eigenvalue weighted by molar-refractivity contribution is 5.92. The van der Waals surface area contributed by atoms with Gasteiger partial charge in [0.05, 0.1) is 6.61 Å². The maximum atomic E-state index is 13.8. The lowest BCUT2D eigenvalue weighted by Crippen LogP contribution is -2.56. The van der Waals surface area contributed by atoms with E-state index in [-0.39, 0.29) is 5.91 Å². The molecule has 0 radical (unpaired) electrons. The second-order valence-electron chi connectivity index (χ2n) is 11.5. The summed E-state index contributed by atoms with van der Waals surface area (Å²) in [6.07, 6.45) is 2.81. The summed E-state index contributed by atoms with van der Waals surface area (Å²) in [5.74, 6) is -0.844. The molecule has 0 heterocycles. The minimum Gasteiger partial charge on any atom is -0.444 e. The van der Waals surface area contributed by atoms with E-state index in [1.807, 2.05) is 52.8 Å². The molecule has 36 heavy (non-hydrogen) atoms. The number of nitrogens with zero attached hydrogens (tertiary/aromatic N) is 1. The summed E-state index contributed by atoms with van der Waals surface area (Å²) >= 11 is 0.